The third-order valence-electron chi connectivity index (χ3n) is 4.25. The molecule has 1 amide bonds. The normalized spacial score (nSPS) is 14.0. The van der Waals surface area contributed by atoms with Gasteiger partial charge in [0, 0.05) is 41.7 Å². The Morgan fingerprint density at radius 3 is 2.77 bits per heavy atom. The molecule has 0 radical (unpaired) electrons. The second kappa shape index (κ2) is 5.36. The smallest absolute Gasteiger partial charge is 0.409 e. The van der Waals surface area contributed by atoms with Gasteiger partial charge in [0.2, 0.25) is 0 Å². The standard InChI is InChI=1S/C16H18N2O4/c1-3-18-13-5-4-10(15(19)20)8-11(13)12-9-17(16(21)22-2)7-6-14(12)18/h4-5,8H,3,6-7,9H2,1-2H3,(H,19,20). The maximum atomic E-state index is 11.8. The van der Waals surface area contributed by atoms with E-state index in [4.69, 9.17) is 4.74 Å². The summed E-state index contributed by atoms with van der Waals surface area (Å²) >= 11 is 0. The summed E-state index contributed by atoms with van der Waals surface area (Å²) in [6.07, 6.45) is 0.396. The molecule has 0 spiro atoms. The number of aromatic carboxylic acids is 1. The lowest BCUT2D eigenvalue weighted by molar-refractivity contribution is 0.0697. The summed E-state index contributed by atoms with van der Waals surface area (Å²) in [7, 11) is 1.37. The van der Waals surface area contributed by atoms with Crippen LogP contribution in [-0.2, 0) is 24.2 Å². The minimum absolute atomic E-state index is 0.263. The third kappa shape index (κ3) is 2.11. The quantitative estimate of drug-likeness (QED) is 0.925. The number of carbonyl (C=O) groups is 2. The Morgan fingerprint density at radius 2 is 2.14 bits per heavy atom. The first kappa shape index (κ1) is 14.4. The second-order valence-electron chi connectivity index (χ2n) is 5.35. The van der Waals surface area contributed by atoms with Crippen LogP contribution in [0.4, 0.5) is 4.79 Å². The molecule has 2 aromatic rings. The van der Waals surface area contributed by atoms with Crippen molar-refractivity contribution in [3.63, 3.8) is 0 Å². The molecule has 3 rings (SSSR count). The predicted octanol–water partition coefficient (Wildman–Crippen LogP) is 2.48. The molecule has 0 bridgehead atoms. The lowest BCUT2D eigenvalue weighted by atomic mass is 10.0. The average Bonchev–Trinajstić information content (AvgIpc) is 2.86. The highest BCUT2D eigenvalue weighted by Gasteiger charge is 2.27. The van der Waals surface area contributed by atoms with Crippen LogP contribution in [0.1, 0.15) is 28.5 Å². The highest BCUT2D eigenvalue weighted by Crippen LogP contribution is 2.32. The molecule has 6 nitrogen and oxygen atoms in total. The van der Waals surface area contributed by atoms with Crippen molar-refractivity contribution in [2.45, 2.75) is 26.4 Å². The van der Waals surface area contributed by atoms with Crippen molar-refractivity contribution < 1.29 is 19.4 Å². The number of fused-ring (bicyclic) bond motifs is 3. The molecule has 0 aliphatic carbocycles. The largest absolute Gasteiger partial charge is 0.478 e. The zero-order chi connectivity index (χ0) is 15.9. The Labute approximate surface area is 127 Å². The van der Waals surface area contributed by atoms with Crippen molar-refractivity contribution >= 4 is 23.0 Å². The predicted molar refractivity (Wildman–Crippen MR) is 81.1 cm³/mol. The maximum Gasteiger partial charge on any atom is 0.409 e. The van der Waals surface area contributed by atoms with Gasteiger partial charge in [0.1, 0.15) is 0 Å². The fraction of sp³-hybridized carbons (Fsp3) is 0.375. The monoisotopic (exact) mass is 302 g/mol. The van der Waals surface area contributed by atoms with Crippen LogP contribution in [0.3, 0.4) is 0 Å². The summed E-state index contributed by atoms with van der Waals surface area (Å²) in [5.41, 5.74) is 3.49. The number of hydrogen-bond acceptors (Lipinski definition) is 3. The Kier molecular flexibility index (Phi) is 3.52. The number of carboxylic acids is 1. The Bertz CT molecular complexity index is 763. The summed E-state index contributed by atoms with van der Waals surface area (Å²) in [6, 6.07) is 5.17. The van der Waals surface area contributed by atoms with Crippen LogP contribution in [0.2, 0.25) is 0 Å². The van der Waals surface area contributed by atoms with Gasteiger partial charge in [-0.15, -0.1) is 0 Å². The topological polar surface area (TPSA) is 71.8 Å². The molecule has 6 heteroatoms. The van der Waals surface area contributed by atoms with Gasteiger partial charge in [-0.2, -0.15) is 0 Å². The Hall–Kier alpha value is -2.50. The number of aromatic nitrogens is 1. The van der Waals surface area contributed by atoms with Gasteiger partial charge in [-0.1, -0.05) is 0 Å². The SMILES string of the molecule is CCn1c2c(c3cc(C(=O)O)ccc31)CN(C(=O)OC)CC2. The Balaban J connectivity index is 2.16. The van der Waals surface area contributed by atoms with Crippen LogP contribution in [0.15, 0.2) is 18.2 Å². The number of aryl methyl sites for hydroxylation is 1. The lowest BCUT2D eigenvalue weighted by Crippen LogP contribution is -2.36. The van der Waals surface area contributed by atoms with Crippen LogP contribution in [0.5, 0.6) is 0 Å². The molecule has 2 heterocycles. The first-order valence-corrected chi connectivity index (χ1v) is 7.27. The van der Waals surface area contributed by atoms with E-state index < -0.39 is 5.97 Å². The minimum Gasteiger partial charge on any atom is -0.478 e. The van der Waals surface area contributed by atoms with Crippen LogP contribution in [0, 0.1) is 0 Å². The van der Waals surface area contributed by atoms with Crippen LogP contribution in [0.25, 0.3) is 10.9 Å². The number of carboxylic acid groups (broad SMARTS) is 1. The first-order chi connectivity index (χ1) is 10.6. The summed E-state index contributed by atoms with van der Waals surface area (Å²) < 4.78 is 7.00. The van der Waals surface area contributed by atoms with Crippen molar-refractivity contribution in [3.05, 3.63) is 35.0 Å². The lowest BCUT2D eigenvalue weighted by Gasteiger charge is -2.26. The number of rotatable bonds is 2. The second-order valence-corrected chi connectivity index (χ2v) is 5.35. The van der Waals surface area contributed by atoms with E-state index in [1.165, 1.54) is 12.8 Å². The first-order valence-electron chi connectivity index (χ1n) is 7.27. The van der Waals surface area contributed by atoms with E-state index in [1.54, 1.807) is 17.0 Å². The maximum absolute atomic E-state index is 11.8. The van der Waals surface area contributed by atoms with E-state index in [0.29, 0.717) is 13.1 Å². The third-order valence-corrected chi connectivity index (χ3v) is 4.25. The van der Waals surface area contributed by atoms with Crippen molar-refractivity contribution in [2.24, 2.45) is 0 Å². The van der Waals surface area contributed by atoms with E-state index >= 15 is 0 Å². The summed E-state index contributed by atoms with van der Waals surface area (Å²) in [5.74, 6) is -0.944. The summed E-state index contributed by atoms with van der Waals surface area (Å²) in [5, 5.41) is 10.1. The number of ether oxygens (including phenoxy) is 1. The summed E-state index contributed by atoms with van der Waals surface area (Å²) in [4.78, 5) is 24.6. The molecule has 0 fully saturated rings. The molecular formula is C16H18N2O4. The van der Waals surface area contributed by atoms with Crippen molar-refractivity contribution in [2.75, 3.05) is 13.7 Å². The van der Waals surface area contributed by atoms with Crippen LogP contribution >= 0.6 is 0 Å². The van der Waals surface area contributed by atoms with E-state index in [-0.39, 0.29) is 11.7 Å². The van der Waals surface area contributed by atoms with E-state index in [2.05, 4.69) is 11.5 Å². The number of benzene rings is 1. The molecule has 1 N–H and O–H groups in total. The highest BCUT2D eigenvalue weighted by molar-refractivity contribution is 5.95. The molecule has 0 atom stereocenters. The molecule has 22 heavy (non-hydrogen) atoms. The Morgan fingerprint density at radius 1 is 1.36 bits per heavy atom. The van der Waals surface area contributed by atoms with Crippen LogP contribution in [-0.4, -0.2) is 40.3 Å². The van der Waals surface area contributed by atoms with E-state index in [9.17, 15) is 14.7 Å². The van der Waals surface area contributed by atoms with Gasteiger partial charge in [-0.05, 0) is 25.1 Å². The van der Waals surface area contributed by atoms with Crippen LogP contribution < -0.4 is 0 Å². The van der Waals surface area contributed by atoms with E-state index in [1.807, 2.05) is 6.07 Å². The van der Waals surface area contributed by atoms with Gasteiger partial charge in [-0.25, -0.2) is 9.59 Å². The van der Waals surface area contributed by atoms with E-state index in [0.717, 1.165) is 29.4 Å². The average molecular weight is 302 g/mol. The molecule has 1 aliphatic rings. The molecular weight excluding hydrogens is 284 g/mol. The van der Waals surface area contributed by atoms with Gasteiger partial charge < -0.3 is 19.3 Å². The van der Waals surface area contributed by atoms with Gasteiger partial charge in [-0.3, -0.25) is 0 Å². The van der Waals surface area contributed by atoms with Gasteiger partial charge in [0.05, 0.1) is 19.2 Å². The number of carbonyl (C=O) groups excluding carboxylic acids is 1. The summed E-state index contributed by atoms with van der Waals surface area (Å²) in [6.45, 7) is 3.95. The fourth-order valence-electron chi connectivity index (χ4n) is 3.23. The molecule has 1 aromatic carbocycles. The molecule has 0 saturated heterocycles. The number of hydrogen-bond donors (Lipinski definition) is 1. The fourth-order valence-corrected chi connectivity index (χ4v) is 3.23. The van der Waals surface area contributed by atoms with Gasteiger partial charge in [0.25, 0.3) is 0 Å². The van der Waals surface area contributed by atoms with Crippen molar-refractivity contribution in [1.82, 2.24) is 9.47 Å². The zero-order valence-corrected chi connectivity index (χ0v) is 12.6. The number of nitrogens with zero attached hydrogens (tertiary/aromatic N) is 2. The minimum atomic E-state index is -0.944. The van der Waals surface area contributed by atoms with Crippen molar-refractivity contribution in [1.29, 1.82) is 0 Å². The molecule has 1 aliphatic heterocycles. The van der Waals surface area contributed by atoms with Gasteiger partial charge in [0.15, 0.2) is 0 Å². The number of methoxy groups -OCH3 is 1. The molecule has 116 valence electrons. The molecule has 1 aromatic heterocycles. The number of amides is 1. The molecule has 0 saturated carbocycles. The van der Waals surface area contributed by atoms with Crippen molar-refractivity contribution in [3.8, 4) is 0 Å². The van der Waals surface area contributed by atoms with Gasteiger partial charge >= 0.3 is 12.1 Å². The molecule has 0 unspecified atom stereocenters. The zero-order valence-electron chi connectivity index (χ0n) is 12.6. The highest BCUT2D eigenvalue weighted by atomic mass is 16.5.